The molecule has 0 aliphatic heterocycles. The molecule has 1 heterocycles. The molecule has 3 rings (SSSR count). The molecule has 0 spiro atoms. The fraction of sp³-hybridized carbons (Fsp3) is 0.150. The summed E-state index contributed by atoms with van der Waals surface area (Å²) in [6.45, 7) is 0. The molecule has 122 valence electrons. The summed E-state index contributed by atoms with van der Waals surface area (Å²) < 4.78 is 0. The number of nitrogens with one attached hydrogen (secondary N) is 1. The first-order valence-electron chi connectivity index (χ1n) is 7.82. The van der Waals surface area contributed by atoms with Crippen molar-refractivity contribution in [2.75, 3.05) is 19.0 Å². The van der Waals surface area contributed by atoms with Crippen molar-refractivity contribution in [2.24, 2.45) is 0 Å². The quantitative estimate of drug-likeness (QED) is 0.752. The number of thiophene rings is 1. The van der Waals surface area contributed by atoms with E-state index in [1.54, 1.807) is 11.3 Å². The molecule has 0 unspecified atom stereocenters. The van der Waals surface area contributed by atoms with Crippen LogP contribution in [-0.2, 0) is 0 Å². The van der Waals surface area contributed by atoms with Crippen LogP contribution in [0.25, 0.3) is 0 Å². The number of anilines is 1. The van der Waals surface area contributed by atoms with Gasteiger partial charge in [0.15, 0.2) is 0 Å². The van der Waals surface area contributed by atoms with E-state index in [-0.39, 0.29) is 11.9 Å². The Labute approximate surface area is 146 Å². The van der Waals surface area contributed by atoms with E-state index in [1.165, 1.54) is 0 Å². The maximum Gasteiger partial charge on any atom is 0.252 e. The highest BCUT2D eigenvalue weighted by Gasteiger charge is 2.18. The zero-order valence-electron chi connectivity index (χ0n) is 13.8. The van der Waals surface area contributed by atoms with Crippen LogP contribution >= 0.6 is 11.3 Å². The SMILES string of the molecule is CN(C)c1ccc(C(=O)N[C@@H](c2ccccc2)c2cccs2)cc1. The summed E-state index contributed by atoms with van der Waals surface area (Å²) >= 11 is 1.65. The summed E-state index contributed by atoms with van der Waals surface area (Å²) in [7, 11) is 3.97. The van der Waals surface area contributed by atoms with E-state index in [0.717, 1.165) is 16.1 Å². The normalized spacial score (nSPS) is 11.8. The second-order valence-electron chi connectivity index (χ2n) is 5.77. The summed E-state index contributed by atoms with van der Waals surface area (Å²) in [4.78, 5) is 15.8. The Bertz CT molecular complexity index is 780. The summed E-state index contributed by atoms with van der Waals surface area (Å²) in [5.41, 5.74) is 2.82. The third-order valence-electron chi connectivity index (χ3n) is 3.88. The van der Waals surface area contributed by atoms with Crippen LogP contribution in [0.4, 0.5) is 5.69 Å². The number of benzene rings is 2. The second kappa shape index (κ2) is 7.32. The Morgan fingerprint density at radius 1 is 0.958 bits per heavy atom. The third-order valence-corrected chi connectivity index (χ3v) is 4.82. The number of hydrogen-bond acceptors (Lipinski definition) is 3. The number of hydrogen-bond donors (Lipinski definition) is 1. The topological polar surface area (TPSA) is 32.3 Å². The first-order chi connectivity index (χ1) is 11.6. The maximum atomic E-state index is 12.7. The molecule has 1 atom stereocenters. The zero-order valence-corrected chi connectivity index (χ0v) is 14.6. The largest absolute Gasteiger partial charge is 0.378 e. The monoisotopic (exact) mass is 336 g/mol. The fourth-order valence-electron chi connectivity index (χ4n) is 2.55. The molecule has 1 N–H and O–H groups in total. The molecule has 0 bridgehead atoms. The van der Waals surface area contributed by atoms with Crippen LogP contribution in [-0.4, -0.2) is 20.0 Å². The number of carbonyl (C=O) groups excluding carboxylic acids is 1. The Balaban J connectivity index is 1.83. The van der Waals surface area contributed by atoms with Crippen LogP contribution in [0.1, 0.15) is 26.8 Å². The van der Waals surface area contributed by atoms with E-state index in [2.05, 4.69) is 11.4 Å². The molecule has 1 amide bonds. The maximum absolute atomic E-state index is 12.7. The van der Waals surface area contributed by atoms with E-state index >= 15 is 0 Å². The van der Waals surface area contributed by atoms with Gasteiger partial charge in [-0.15, -0.1) is 11.3 Å². The van der Waals surface area contributed by atoms with Gasteiger partial charge in [-0.3, -0.25) is 4.79 Å². The van der Waals surface area contributed by atoms with E-state index in [0.29, 0.717) is 5.56 Å². The van der Waals surface area contributed by atoms with Gasteiger partial charge < -0.3 is 10.2 Å². The lowest BCUT2D eigenvalue weighted by Crippen LogP contribution is -2.28. The molecular formula is C20H20N2OS. The van der Waals surface area contributed by atoms with E-state index < -0.39 is 0 Å². The Morgan fingerprint density at radius 2 is 1.67 bits per heavy atom. The van der Waals surface area contributed by atoms with Crippen molar-refractivity contribution in [3.8, 4) is 0 Å². The van der Waals surface area contributed by atoms with E-state index in [9.17, 15) is 4.79 Å². The molecule has 0 radical (unpaired) electrons. The van der Waals surface area contributed by atoms with Gasteiger partial charge in [-0.25, -0.2) is 0 Å². The van der Waals surface area contributed by atoms with Crippen molar-refractivity contribution in [2.45, 2.75) is 6.04 Å². The average molecular weight is 336 g/mol. The molecule has 0 aliphatic carbocycles. The number of amides is 1. The molecular weight excluding hydrogens is 316 g/mol. The van der Waals surface area contributed by atoms with Crippen molar-refractivity contribution < 1.29 is 4.79 Å². The first-order valence-corrected chi connectivity index (χ1v) is 8.70. The minimum absolute atomic E-state index is 0.0671. The number of nitrogens with zero attached hydrogens (tertiary/aromatic N) is 1. The molecule has 0 saturated carbocycles. The summed E-state index contributed by atoms with van der Waals surface area (Å²) in [5.74, 6) is -0.0671. The van der Waals surface area contributed by atoms with Crippen molar-refractivity contribution in [3.05, 3.63) is 88.1 Å². The van der Waals surface area contributed by atoms with Gasteiger partial charge in [-0.05, 0) is 41.3 Å². The predicted molar refractivity (Wildman–Crippen MR) is 101 cm³/mol. The molecule has 4 heteroatoms. The van der Waals surface area contributed by atoms with Gasteiger partial charge in [0, 0.05) is 30.2 Å². The molecule has 24 heavy (non-hydrogen) atoms. The van der Waals surface area contributed by atoms with Crippen LogP contribution in [0.3, 0.4) is 0 Å². The van der Waals surface area contributed by atoms with Gasteiger partial charge >= 0.3 is 0 Å². The Hall–Kier alpha value is -2.59. The van der Waals surface area contributed by atoms with Crippen molar-refractivity contribution in [3.63, 3.8) is 0 Å². The fourth-order valence-corrected chi connectivity index (χ4v) is 3.35. The van der Waals surface area contributed by atoms with Crippen LogP contribution in [0.15, 0.2) is 72.1 Å². The third kappa shape index (κ3) is 3.66. The van der Waals surface area contributed by atoms with Gasteiger partial charge in [-0.2, -0.15) is 0 Å². The van der Waals surface area contributed by atoms with Gasteiger partial charge in [-0.1, -0.05) is 36.4 Å². The molecule has 3 aromatic rings. The van der Waals surface area contributed by atoms with Crippen molar-refractivity contribution in [1.29, 1.82) is 0 Å². The van der Waals surface area contributed by atoms with Crippen LogP contribution in [0, 0.1) is 0 Å². The highest BCUT2D eigenvalue weighted by atomic mass is 32.1. The highest BCUT2D eigenvalue weighted by molar-refractivity contribution is 7.10. The van der Waals surface area contributed by atoms with Gasteiger partial charge in [0.1, 0.15) is 0 Å². The minimum Gasteiger partial charge on any atom is -0.378 e. The molecule has 0 fully saturated rings. The molecule has 0 saturated heterocycles. The Morgan fingerprint density at radius 3 is 2.25 bits per heavy atom. The van der Waals surface area contributed by atoms with Crippen LogP contribution in [0.5, 0.6) is 0 Å². The first kappa shape index (κ1) is 16.3. The lowest BCUT2D eigenvalue weighted by atomic mass is 10.0. The summed E-state index contributed by atoms with van der Waals surface area (Å²) in [6, 6.07) is 21.6. The predicted octanol–water partition coefficient (Wildman–Crippen LogP) is 4.33. The molecule has 1 aromatic heterocycles. The number of carbonyl (C=O) groups is 1. The lowest BCUT2D eigenvalue weighted by Gasteiger charge is -2.18. The second-order valence-corrected chi connectivity index (χ2v) is 6.75. The minimum atomic E-state index is -0.132. The van der Waals surface area contributed by atoms with Crippen LogP contribution < -0.4 is 10.2 Å². The van der Waals surface area contributed by atoms with E-state index in [1.807, 2.05) is 85.0 Å². The summed E-state index contributed by atoms with van der Waals surface area (Å²) in [5, 5.41) is 5.19. The molecule has 0 aliphatic rings. The highest BCUT2D eigenvalue weighted by Crippen LogP contribution is 2.26. The lowest BCUT2D eigenvalue weighted by molar-refractivity contribution is 0.0943. The molecule has 2 aromatic carbocycles. The Kier molecular flexibility index (Phi) is 4.96. The van der Waals surface area contributed by atoms with Crippen LogP contribution in [0.2, 0.25) is 0 Å². The standard InChI is InChI=1S/C20H20N2OS/c1-22(2)17-12-10-16(11-13-17)20(23)21-19(18-9-6-14-24-18)15-7-4-3-5-8-15/h3-14,19H,1-2H3,(H,21,23)/t19-/m0/s1. The van der Waals surface area contributed by atoms with Crippen molar-refractivity contribution in [1.82, 2.24) is 5.32 Å². The smallest absolute Gasteiger partial charge is 0.252 e. The van der Waals surface area contributed by atoms with Gasteiger partial charge in [0.05, 0.1) is 6.04 Å². The average Bonchev–Trinajstić information content (AvgIpc) is 3.14. The van der Waals surface area contributed by atoms with Gasteiger partial charge in [0.2, 0.25) is 0 Å². The van der Waals surface area contributed by atoms with Crippen molar-refractivity contribution >= 4 is 22.9 Å². The van der Waals surface area contributed by atoms with E-state index in [4.69, 9.17) is 0 Å². The zero-order chi connectivity index (χ0) is 16.9. The number of rotatable bonds is 5. The van der Waals surface area contributed by atoms with Gasteiger partial charge in [0.25, 0.3) is 5.91 Å². The summed E-state index contributed by atoms with van der Waals surface area (Å²) in [6.07, 6.45) is 0. The molecule has 3 nitrogen and oxygen atoms in total.